The monoisotopic (exact) mass is 176 g/mol. The standard InChI is InChI=1S/Mo.2Na.2O. The molecule has 0 rings (SSSR count). The van der Waals surface area contributed by atoms with Gasteiger partial charge in [0, 0.05) is 59.1 Å². The Labute approximate surface area is 82.8 Å². The molecule has 0 spiro atoms. The average Bonchev–Trinajstić information content (AvgIpc) is 0.918. The van der Waals surface area contributed by atoms with Crippen LogP contribution in [-0.4, -0.2) is 59.1 Å². The summed E-state index contributed by atoms with van der Waals surface area (Å²) in [6.45, 7) is 0. The van der Waals surface area contributed by atoms with Crippen LogP contribution in [0.5, 0.6) is 0 Å². The Kier molecular flexibility index (Phi) is 51.0. The molecule has 0 atom stereocenters. The van der Waals surface area contributed by atoms with E-state index in [1.54, 1.807) is 0 Å². The summed E-state index contributed by atoms with van der Waals surface area (Å²) in [6.07, 6.45) is 0. The van der Waals surface area contributed by atoms with Crippen LogP contribution in [-0.2, 0) is 25.3 Å². The first-order valence-corrected chi connectivity index (χ1v) is 1.97. The summed E-state index contributed by atoms with van der Waals surface area (Å²) in [5.74, 6) is 0. The molecule has 0 N–H and O–H groups in total. The van der Waals surface area contributed by atoms with E-state index in [2.05, 4.69) is 0 Å². The van der Waals surface area contributed by atoms with Crippen molar-refractivity contribution in [1.82, 2.24) is 0 Å². The molecule has 5 heteroatoms. The van der Waals surface area contributed by atoms with Crippen LogP contribution in [0.4, 0.5) is 0 Å². The van der Waals surface area contributed by atoms with Crippen LogP contribution in [0, 0.1) is 0 Å². The van der Waals surface area contributed by atoms with Gasteiger partial charge in [-0.1, -0.05) is 0 Å². The molecule has 0 aromatic heterocycles. The van der Waals surface area contributed by atoms with E-state index >= 15 is 0 Å². The zero-order valence-electron chi connectivity index (χ0n) is 3.22. The predicted molar refractivity (Wildman–Crippen MR) is 12.9 cm³/mol. The molecular weight excluding hydrogens is 174 g/mol. The van der Waals surface area contributed by atoms with Crippen LogP contribution in [0.3, 0.4) is 0 Å². The quantitative estimate of drug-likeness (QED) is 0.441. The summed E-state index contributed by atoms with van der Waals surface area (Å²) in [5.41, 5.74) is 0. The summed E-state index contributed by atoms with van der Waals surface area (Å²) in [6, 6.07) is 0. The molecular formula is MoNa2O2. The van der Waals surface area contributed by atoms with Gasteiger partial charge in [-0.3, -0.25) is 0 Å². The zero-order chi connectivity index (χ0) is 2.71. The van der Waals surface area contributed by atoms with Gasteiger partial charge >= 0.3 is 25.3 Å². The minimum absolute atomic E-state index is 0. The topological polar surface area (TPSA) is 34.1 Å². The molecule has 2 radical (unpaired) electrons. The third-order valence-electron chi connectivity index (χ3n) is 0. The Morgan fingerprint density at radius 1 is 1.00 bits per heavy atom. The zero-order valence-corrected chi connectivity index (χ0v) is 9.23. The van der Waals surface area contributed by atoms with E-state index in [-0.39, 0.29) is 59.1 Å². The Hall–Kier alpha value is 2.29. The van der Waals surface area contributed by atoms with Crippen molar-refractivity contribution >= 4 is 59.1 Å². The molecule has 0 heterocycles. The van der Waals surface area contributed by atoms with Gasteiger partial charge in [0.05, 0.1) is 0 Å². The van der Waals surface area contributed by atoms with Crippen LogP contribution in [0.25, 0.3) is 0 Å². The molecule has 0 amide bonds. The Bertz CT molecular complexity index is 28.6. The van der Waals surface area contributed by atoms with Crippen LogP contribution in [0.2, 0.25) is 0 Å². The fourth-order valence-corrected chi connectivity index (χ4v) is 0. The van der Waals surface area contributed by atoms with E-state index in [0.717, 1.165) is 0 Å². The second kappa shape index (κ2) is 16.3. The van der Waals surface area contributed by atoms with Gasteiger partial charge in [-0.25, -0.2) is 0 Å². The number of hydrogen-bond acceptors (Lipinski definition) is 2. The molecule has 0 saturated carbocycles. The second-order valence-corrected chi connectivity index (χ2v) is 0.403. The first-order chi connectivity index (χ1) is 1.41. The van der Waals surface area contributed by atoms with Crippen molar-refractivity contribution in [2.75, 3.05) is 0 Å². The van der Waals surface area contributed by atoms with E-state index in [1.165, 1.54) is 0 Å². The molecule has 0 aromatic rings. The van der Waals surface area contributed by atoms with Gasteiger partial charge in [0.1, 0.15) is 0 Å². The molecule has 5 heavy (non-hydrogen) atoms. The third kappa shape index (κ3) is 22.1. The Morgan fingerprint density at radius 3 is 1.00 bits per heavy atom. The summed E-state index contributed by atoms with van der Waals surface area (Å²) >= 11 is -2.03. The molecule has 0 saturated heterocycles. The van der Waals surface area contributed by atoms with Crippen molar-refractivity contribution in [3.63, 3.8) is 0 Å². The minimum atomic E-state index is -2.03. The Morgan fingerprint density at radius 2 is 1.00 bits per heavy atom. The van der Waals surface area contributed by atoms with Crippen molar-refractivity contribution in [1.29, 1.82) is 0 Å². The molecule has 0 fully saturated rings. The van der Waals surface area contributed by atoms with E-state index in [4.69, 9.17) is 6.80 Å². The number of hydrogen-bond donors (Lipinski definition) is 0. The van der Waals surface area contributed by atoms with Gasteiger partial charge in [-0.2, -0.15) is 0 Å². The normalized spacial score (nSPS) is 2.40. The fraction of sp³-hybridized carbons (Fsp3) is 0. The molecule has 20 valence electrons. The molecule has 0 aliphatic heterocycles. The summed E-state index contributed by atoms with van der Waals surface area (Å²) in [5, 5.41) is 0. The van der Waals surface area contributed by atoms with Gasteiger partial charge in [0.25, 0.3) is 0 Å². The number of rotatable bonds is 0. The SMILES string of the molecule is [Na].[Na].[O]=[Mo]=[O]. The van der Waals surface area contributed by atoms with Crippen molar-refractivity contribution in [3.05, 3.63) is 0 Å². The average molecular weight is 174 g/mol. The van der Waals surface area contributed by atoms with Gasteiger partial charge in [-0.05, 0) is 0 Å². The molecule has 0 unspecified atom stereocenters. The van der Waals surface area contributed by atoms with Crippen molar-refractivity contribution in [2.24, 2.45) is 0 Å². The molecule has 2 nitrogen and oxygen atoms in total. The van der Waals surface area contributed by atoms with Crippen molar-refractivity contribution in [3.8, 4) is 0 Å². The molecule has 0 aromatic carbocycles. The van der Waals surface area contributed by atoms with Gasteiger partial charge in [-0.15, -0.1) is 0 Å². The van der Waals surface area contributed by atoms with E-state index in [9.17, 15) is 0 Å². The van der Waals surface area contributed by atoms with Crippen LogP contribution in [0.15, 0.2) is 0 Å². The van der Waals surface area contributed by atoms with E-state index in [0.29, 0.717) is 0 Å². The van der Waals surface area contributed by atoms with E-state index in [1.807, 2.05) is 0 Å². The molecule has 0 aliphatic carbocycles. The fourth-order valence-electron chi connectivity index (χ4n) is 0. The van der Waals surface area contributed by atoms with Gasteiger partial charge < -0.3 is 0 Å². The second-order valence-electron chi connectivity index (χ2n) is 0.0680. The first kappa shape index (κ1) is 15.7. The molecule has 0 bridgehead atoms. The molecule has 0 aliphatic rings. The first-order valence-electron chi connectivity index (χ1n) is 0.333. The van der Waals surface area contributed by atoms with Crippen LogP contribution < -0.4 is 0 Å². The maximum atomic E-state index is 8.50. The van der Waals surface area contributed by atoms with Crippen molar-refractivity contribution in [2.45, 2.75) is 0 Å². The van der Waals surface area contributed by atoms with Gasteiger partial charge in [0.15, 0.2) is 0 Å². The third-order valence-corrected chi connectivity index (χ3v) is 0. The summed E-state index contributed by atoms with van der Waals surface area (Å²) in [4.78, 5) is 0. The summed E-state index contributed by atoms with van der Waals surface area (Å²) in [7, 11) is 0. The predicted octanol–water partition coefficient (Wildman–Crippen LogP) is -1.00. The van der Waals surface area contributed by atoms with Crippen LogP contribution >= 0.6 is 0 Å². The summed E-state index contributed by atoms with van der Waals surface area (Å²) < 4.78 is 17.0. The Balaban J connectivity index is -0.0000000200. The van der Waals surface area contributed by atoms with Crippen LogP contribution in [0.1, 0.15) is 0 Å². The van der Waals surface area contributed by atoms with Crippen molar-refractivity contribution < 1.29 is 25.3 Å². The van der Waals surface area contributed by atoms with E-state index < -0.39 is 18.5 Å². The van der Waals surface area contributed by atoms with Gasteiger partial charge in [0.2, 0.25) is 0 Å². The maximum absolute atomic E-state index is 8.50.